The van der Waals surface area contributed by atoms with Gasteiger partial charge in [0.05, 0.1) is 12.6 Å². The Morgan fingerprint density at radius 1 is 1.35 bits per heavy atom. The molecule has 124 valence electrons. The average molecular weight is 431 g/mol. The molecule has 23 heavy (non-hydrogen) atoms. The first kappa shape index (κ1) is 16.8. The topological polar surface area (TPSA) is 62.4 Å². The van der Waals surface area contributed by atoms with Crippen molar-refractivity contribution < 1.29 is 14.0 Å². The zero-order valence-electron chi connectivity index (χ0n) is 12.6. The molecule has 2 aromatic rings. The number of aliphatic hydroxyl groups excluding tert-OH is 1. The molecule has 1 saturated heterocycles. The predicted molar refractivity (Wildman–Crippen MR) is 91.9 cm³/mol. The maximum atomic E-state index is 13.4. The standard InChI is InChI=1S/C16H18FN3O2.HI/c17-12-3-1-2-11(6-12)14-7-13(21)8-20(14)9-15-18-16(19-22-15)10-4-5-10;/h1-3,6,10,13-14,21H,4-5,7-9H2;1H. The second kappa shape index (κ2) is 6.82. The van der Waals surface area contributed by atoms with Crippen LogP contribution in [0.4, 0.5) is 4.39 Å². The van der Waals surface area contributed by atoms with Gasteiger partial charge in [-0.1, -0.05) is 17.3 Å². The minimum atomic E-state index is -0.418. The van der Waals surface area contributed by atoms with Gasteiger partial charge in [-0.25, -0.2) is 4.39 Å². The van der Waals surface area contributed by atoms with Gasteiger partial charge in [-0.2, -0.15) is 4.98 Å². The second-order valence-corrected chi connectivity index (χ2v) is 6.21. The van der Waals surface area contributed by atoms with Crippen molar-refractivity contribution in [3.8, 4) is 0 Å². The third-order valence-electron chi connectivity index (χ3n) is 4.38. The van der Waals surface area contributed by atoms with Gasteiger partial charge in [-0.05, 0) is 37.0 Å². The summed E-state index contributed by atoms with van der Waals surface area (Å²) in [5.74, 6) is 1.56. The predicted octanol–water partition coefficient (Wildman–Crippen LogP) is 3.01. The highest BCUT2D eigenvalue weighted by Crippen LogP contribution is 2.38. The highest BCUT2D eigenvalue weighted by atomic mass is 127. The van der Waals surface area contributed by atoms with Crippen LogP contribution in [0.5, 0.6) is 0 Å². The Labute approximate surface area is 150 Å². The highest BCUT2D eigenvalue weighted by molar-refractivity contribution is 14.0. The minimum absolute atomic E-state index is 0. The molecule has 1 aliphatic heterocycles. The van der Waals surface area contributed by atoms with Crippen molar-refractivity contribution >= 4 is 24.0 Å². The van der Waals surface area contributed by atoms with Gasteiger partial charge in [-0.15, -0.1) is 24.0 Å². The largest absolute Gasteiger partial charge is 0.392 e. The van der Waals surface area contributed by atoms with Gasteiger partial charge in [0.2, 0.25) is 5.89 Å². The summed E-state index contributed by atoms with van der Waals surface area (Å²) in [6, 6.07) is 6.52. The van der Waals surface area contributed by atoms with E-state index in [1.54, 1.807) is 6.07 Å². The smallest absolute Gasteiger partial charge is 0.240 e. The van der Waals surface area contributed by atoms with E-state index < -0.39 is 6.10 Å². The van der Waals surface area contributed by atoms with Crippen LogP contribution in [-0.2, 0) is 6.54 Å². The Hall–Kier alpha value is -1.06. The van der Waals surface area contributed by atoms with Gasteiger partial charge in [0.15, 0.2) is 5.82 Å². The molecular weight excluding hydrogens is 412 g/mol. The summed E-state index contributed by atoms with van der Waals surface area (Å²) in [5.41, 5.74) is 0.874. The van der Waals surface area contributed by atoms with Gasteiger partial charge in [0.25, 0.3) is 0 Å². The fourth-order valence-corrected chi connectivity index (χ4v) is 3.13. The van der Waals surface area contributed by atoms with Crippen LogP contribution in [0, 0.1) is 5.82 Å². The number of halogens is 2. The molecule has 7 heteroatoms. The Bertz CT molecular complexity index is 677. The van der Waals surface area contributed by atoms with Gasteiger partial charge in [0, 0.05) is 18.5 Å². The van der Waals surface area contributed by atoms with E-state index in [9.17, 15) is 9.50 Å². The molecule has 1 N–H and O–H groups in total. The third-order valence-corrected chi connectivity index (χ3v) is 4.38. The molecule has 2 aliphatic rings. The van der Waals surface area contributed by atoms with Crippen molar-refractivity contribution in [2.75, 3.05) is 6.54 Å². The normalized spacial score (nSPS) is 24.6. The SMILES string of the molecule is I.OC1CC(c2cccc(F)c2)N(Cc2nc(C3CC3)no2)C1. The van der Waals surface area contributed by atoms with Gasteiger partial charge < -0.3 is 9.63 Å². The molecule has 0 spiro atoms. The molecule has 1 saturated carbocycles. The van der Waals surface area contributed by atoms with E-state index in [1.807, 2.05) is 6.07 Å². The zero-order valence-corrected chi connectivity index (χ0v) is 14.9. The summed E-state index contributed by atoms with van der Waals surface area (Å²) < 4.78 is 18.8. The lowest BCUT2D eigenvalue weighted by atomic mass is 10.0. The molecule has 2 fully saturated rings. The van der Waals surface area contributed by atoms with Gasteiger partial charge in [-0.3, -0.25) is 4.90 Å². The minimum Gasteiger partial charge on any atom is -0.392 e. The Morgan fingerprint density at radius 3 is 2.91 bits per heavy atom. The molecule has 1 aromatic carbocycles. The second-order valence-electron chi connectivity index (χ2n) is 6.21. The first-order valence-corrected chi connectivity index (χ1v) is 7.69. The lowest BCUT2D eigenvalue weighted by Crippen LogP contribution is -2.24. The number of hydrogen-bond donors (Lipinski definition) is 1. The Kier molecular flexibility index (Phi) is 4.98. The summed E-state index contributed by atoms with van der Waals surface area (Å²) in [4.78, 5) is 6.50. The monoisotopic (exact) mass is 431 g/mol. The van der Waals surface area contributed by atoms with Crippen molar-refractivity contribution in [3.63, 3.8) is 0 Å². The summed E-state index contributed by atoms with van der Waals surface area (Å²) in [5, 5.41) is 14.0. The molecule has 1 aliphatic carbocycles. The number of rotatable bonds is 4. The molecule has 0 bridgehead atoms. The van der Waals surface area contributed by atoms with Crippen molar-refractivity contribution in [3.05, 3.63) is 47.4 Å². The van der Waals surface area contributed by atoms with Crippen LogP contribution < -0.4 is 0 Å². The fraction of sp³-hybridized carbons (Fsp3) is 0.500. The number of benzene rings is 1. The maximum absolute atomic E-state index is 13.4. The maximum Gasteiger partial charge on any atom is 0.240 e. The zero-order chi connectivity index (χ0) is 15.1. The van der Waals surface area contributed by atoms with Crippen LogP contribution in [0.15, 0.2) is 28.8 Å². The fourth-order valence-electron chi connectivity index (χ4n) is 3.13. The van der Waals surface area contributed by atoms with Crippen molar-refractivity contribution in [2.45, 2.75) is 43.9 Å². The summed E-state index contributed by atoms with van der Waals surface area (Å²) in [7, 11) is 0. The highest BCUT2D eigenvalue weighted by Gasteiger charge is 2.34. The first-order chi connectivity index (χ1) is 10.7. The average Bonchev–Trinajstić information content (AvgIpc) is 3.13. The molecule has 1 aromatic heterocycles. The summed E-state index contributed by atoms with van der Waals surface area (Å²) >= 11 is 0. The molecular formula is C16H19FIN3O2. The van der Waals surface area contributed by atoms with E-state index in [4.69, 9.17) is 4.52 Å². The van der Waals surface area contributed by atoms with Crippen LogP contribution in [0.2, 0.25) is 0 Å². The molecule has 4 rings (SSSR count). The number of aromatic nitrogens is 2. The van der Waals surface area contributed by atoms with E-state index in [0.717, 1.165) is 24.2 Å². The summed E-state index contributed by atoms with van der Waals surface area (Å²) in [6.07, 6.45) is 2.44. The van der Waals surface area contributed by atoms with E-state index in [1.165, 1.54) is 12.1 Å². The molecule has 2 unspecified atom stereocenters. The molecule has 5 nitrogen and oxygen atoms in total. The number of aliphatic hydroxyl groups is 1. The van der Waals surface area contributed by atoms with E-state index >= 15 is 0 Å². The molecule has 2 heterocycles. The quantitative estimate of drug-likeness (QED) is 0.755. The van der Waals surface area contributed by atoms with Crippen LogP contribution in [0.1, 0.15) is 48.5 Å². The Morgan fingerprint density at radius 2 is 2.17 bits per heavy atom. The van der Waals surface area contributed by atoms with Crippen LogP contribution >= 0.6 is 24.0 Å². The lowest BCUT2D eigenvalue weighted by Gasteiger charge is -2.22. The van der Waals surface area contributed by atoms with Gasteiger partial charge >= 0.3 is 0 Å². The number of likely N-dealkylation sites (tertiary alicyclic amines) is 1. The van der Waals surface area contributed by atoms with Crippen LogP contribution in [0.25, 0.3) is 0 Å². The molecule has 0 radical (unpaired) electrons. The number of β-amino-alcohol motifs (C(OH)–C–C–N with tert-alkyl or cyclic N) is 1. The molecule has 2 atom stereocenters. The molecule has 0 amide bonds. The van der Waals surface area contributed by atoms with Crippen molar-refractivity contribution in [2.24, 2.45) is 0 Å². The first-order valence-electron chi connectivity index (χ1n) is 7.69. The van der Waals surface area contributed by atoms with Crippen LogP contribution in [-0.4, -0.2) is 32.8 Å². The third kappa shape index (κ3) is 3.72. The van der Waals surface area contributed by atoms with Crippen LogP contribution in [0.3, 0.4) is 0 Å². The lowest BCUT2D eigenvalue weighted by molar-refractivity contribution is 0.164. The van der Waals surface area contributed by atoms with Crippen molar-refractivity contribution in [1.82, 2.24) is 15.0 Å². The van der Waals surface area contributed by atoms with Crippen molar-refractivity contribution in [1.29, 1.82) is 0 Å². The summed E-state index contributed by atoms with van der Waals surface area (Å²) in [6.45, 7) is 1.01. The Balaban J connectivity index is 0.00000156. The van der Waals surface area contributed by atoms with E-state index in [0.29, 0.717) is 31.3 Å². The van der Waals surface area contributed by atoms with E-state index in [-0.39, 0.29) is 35.8 Å². The van der Waals surface area contributed by atoms with E-state index in [2.05, 4.69) is 15.0 Å². The van der Waals surface area contributed by atoms with Gasteiger partial charge in [0.1, 0.15) is 5.82 Å². The number of hydrogen-bond acceptors (Lipinski definition) is 5. The number of nitrogens with zero attached hydrogens (tertiary/aromatic N) is 3.